The Bertz CT molecular complexity index is 717. The predicted molar refractivity (Wildman–Crippen MR) is 94.3 cm³/mol. The van der Waals surface area contributed by atoms with E-state index in [0.29, 0.717) is 18.7 Å². The van der Waals surface area contributed by atoms with Crippen LogP contribution in [0.5, 0.6) is 0 Å². The van der Waals surface area contributed by atoms with Crippen LogP contribution in [0.15, 0.2) is 24.3 Å². The second-order valence-electron chi connectivity index (χ2n) is 6.22. The number of aryl methyl sites for hydroxylation is 2. The number of carbonyl (C=O) groups excluding carboxylic acids is 1. The molecule has 1 aromatic heterocycles. The highest BCUT2D eigenvalue weighted by Crippen LogP contribution is 2.23. The van der Waals surface area contributed by atoms with Gasteiger partial charge in [-0.1, -0.05) is 18.2 Å². The van der Waals surface area contributed by atoms with Gasteiger partial charge in [0, 0.05) is 44.2 Å². The Morgan fingerprint density at radius 3 is 2.83 bits per heavy atom. The van der Waals surface area contributed by atoms with Gasteiger partial charge in [-0.25, -0.2) is 4.98 Å². The molecule has 24 heavy (non-hydrogen) atoms. The van der Waals surface area contributed by atoms with Crippen LogP contribution in [-0.2, 0) is 11.2 Å². The SMILES string of the molecule is Cc1ccccc1N1CCN(C(=O)CCc2nc(Cl)n[nH]2)[C@@H](C)C1. The average molecular weight is 348 g/mol. The molecular formula is C17H22ClN5O. The zero-order valence-electron chi connectivity index (χ0n) is 14.0. The van der Waals surface area contributed by atoms with Crippen LogP contribution in [-0.4, -0.2) is 51.7 Å². The number of nitrogens with one attached hydrogen (secondary N) is 1. The second-order valence-corrected chi connectivity index (χ2v) is 6.56. The van der Waals surface area contributed by atoms with Gasteiger partial charge in [-0.15, -0.1) is 5.10 Å². The maximum Gasteiger partial charge on any atom is 0.242 e. The molecule has 0 bridgehead atoms. The number of carbonyl (C=O) groups is 1. The minimum Gasteiger partial charge on any atom is -0.367 e. The van der Waals surface area contributed by atoms with Gasteiger partial charge in [0.2, 0.25) is 11.2 Å². The zero-order chi connectivity index (χ0) is 17.1. The molecular weight excluding hydrogens is 326 g/mol. The number of anilines is 1. The topological polar surface area (TPSA) is 65.1 Å². The second kappa shape index (κ2) is 7.21. The number of nitrogens with zero attached hydrogens (tertiary/aromatic N) is 4. The molecule has 0 aliphatic carbocycles. The number of rotatable bonds is 4. The number of hydrogen-bond acceptors (Lipinski definition) is 4. The van der Waals surface area contributed by atoms with Crippen molar-refractivity contribution >= 4 is 23.2 Å². The van der Waals surface area contributed by atoms with Crippen LogP contribution < -0.4 is 4.90 Å². The Morgan fingerprint density at radius 1 is 1.38 bits per heavy atom. The maximum atomic E-state index is 12.5. The molecule has 1 fully saturated rings. The molecule has 2 heterocycles. The van der Waals surface area contributed by atoms with Crippen LogP contribution in [0.3, 0.4) is 0 Å². The Morgan fingerprint density at radius 2 is 2.17 bits per heavy atom. The van der Waals surface area contributed by atoms with Crippen molar-refractivity contribution in [1.82, 2.24) is 20.1 Å². The van der Waals surface area contributed by atoms with E-state index in [1.165, 1.54) is 11.3 Å². The van der Waals surface area contributed by atoms with Crippen molar-refractivity contribution < 1.29 is 4.79 Å². The first-order valence-electron chi connectivity index (χ1n) is 8.21. The number of amides is 1. The number of benzene rings is 1. The Hall–Kier alpha value is -2.08. The highest BCUT2D eigenvalue weighted by Gasteiger charge is 2.27. The highest BCUT2D eigenvalue weighted by molar-refractivity contribution is 6.28. The van der Waals surface area contributed by atoms with Gasteiger partial charge in [0.05, 0.1) is 0 Å². The summed E-state index contributed by atoms with van der Waals surface area (Å²) < 4.78 is 0. The highest BCUT2D eigenvalue weighted by atomic mass is 35.5. The standard InChI is InChI=1S/C17H22ClN5O/c1-12-5-3-4-6-14(12)22-9-10-23(13(2)11-22)16(24)8-7-15-19-17(18)21-20-15/h3-6,13H,7-11H2,1-2H3,(H,19,20,21)/t13-/m0/s1. The van der Waals surface area contributed by atoms with Crippen LogP contribution in [0, 0.1) is 6.92 Å². The van der Waals surface area contributed by atoms with E-state index in [1.54, 1.807) is 0 Å². The van der Waals surface area contributed by atoms with Crippen LogP contribution in [0.2, 0.25) is 5.28 Å². The van der Waals surface area contributed by atoms with E-state index in [4.69, 9.17) is 11.6 Å². The van der Waals surface area contributed by atoms with Crippen molar-refractivity contribution in [3.05, 3.63) is 40.9 Å². The molecule has 0 spiro atoms. The number of H-pyrrole nitrogens is 1. The number of halogens is 1. The molecule has 6 nitrogen and oxygen atoms in total. The first-order chi connectivity index (χ1) is 11.5. The predicted octanol–water partition coefficient (Wildman–Crippen LogP) is 2.44. The van der Waals surface area contributed by atoms with Gasteiger partial charge in [0.15, 0.2) is 0 Å². The molecule has 1 N–H and O–H groups in total. The van der Waals surface area contributed by atoms with E-state index < -0.39 is 0 Å². The van der Waals surface area contributed by atoms with Gasteiger partial charge >= 0.3 is 0 Å². The van der Waals surface area contributed by atoms with Crippen molar-refractivity contribution in [2.24, 2.45) is 0 Å². The first-order valence-corrected chi connectivity index (χ1v) is 8.59. The molecule has 1 atom stereocenters. The quantitative estimate of drug-likeness (QED) is 0.922. The number of aromatic nitrogens is 3. The Labute approximate surface area is 146 Å². The Kier molecular flexibility index (Phi) is 5.04. The number of hydrogen-bond donors (Lipinski definition) is 1. The fourth-order valence-electron chi connectivity index (χ4n) is 3.22. The third-order valence-electron chi connectivity index (χ3n) is 4.48. The molecule has 1 aromatic carbocycles. The van der Waals surface area contributed by atoms with Crippen LogP contribution in [0.4, 0.5) is 5.69 Å². The van der Waals surface area contributed by atoms with Crippen molar-refractivity contribution in [2.75, 3.05) is 24.5 Å². The Balaban J connectivity index is 1.57. The van der Waals surface area contributed by atoms with Crippen molar-refractivity contribution in [1.29, 1.82) is 0 Å². The number of aromatic amines is 1. The molecule has 1 saturated heterocycles. The summed E-state index contributed by atoms with van der Waals surface area (Å²) in [6.07, 6.45) is 0.948. The molecule has 128 valence electrons. The lowest BCUT2D eigenvalue weighted by Crippen LogP contribution is -2.54. The summed E-state index contributed by atoms with van der Waals surface area (Å²) in [6, 6.07) is 8.57. The largest absolute Gasteiger partial charge is 0.367 e. The molecule has 2 aromatic rings. The lowest BCUT2D eigenvalue weighted by atomic mass is 10.1. The minimum absolute atomic E-state index is 0.152. The smallest absolute Gasteiger partial charge is 0.242 e. The summed E-state index contributed by atoms with van der Waals surface area (Å²) in [6.45, 7) is 6.68. The first kappa shape index (κ1) is 16.8. The fraction of sp³-hybridized carbons (Fsp3) is 0.471. The fourth-order valence-corrected chi connectivity index (χ4v) is 3.36. The van der Waals surface area contributed by atoms with Crippen LogP contribution in [0.25, 0.3) is 0 Å². The van der Waals surface area contributed by atoms with E-state index in [-0.39, 0.29) is 17.2 Å². The maximum absolute atomic E-state index is 12.5. The van der Waals surface area contributed by atoms with E-state index in [0.717, 1.165) is 19.6 Å². The number of piperazine rings is 1. The monoisotopic (exact) mass is 347 g/mol. The van der Waals surface area contributed by atoms with Gasteiger partial charge in [0.25, 0.3) is 0 Å². The summed E-state index contributed by atoms with van der Waals surface area (Å²) in [5.74, 6) is 0.805. The van der Waals surface area contributed by atoms with Crippen LogP contribution >= 0.6 is 11.6 Å². The molecule has 0 saturated carbocycles. The van der Waals surface area contributed by atoms with Crippen LogP contribution in [0.1, 0.15) is 24.7 Å². The lowest BCUT2D eigenvalue weighted by molar-refractivity contribution is -0.133. The lowest BCUT2D eigenvalue weighted by Gasteiger charge is -2.41. The molecule has 1 amide bonds. The molecule has 1 aliphatic rings. The average Bonchev–Trinajstić information content (AvgIpc) is 2.98. The number of para-hydroxylation sites is 1. The molecule has 1 aliphatic heterocycles. The summed E-state index contributed by atoms with van der Waals surface area (Å²) in [7, 11) is 0. The van der Waals surface area contributed by atoms with Crippen molar-refractivity contribution in [3.63, 3.8) is 0 Å². The summed E-state index contributed by atoms with van der Waals surface area (Å²) >= 11 is 5.68. The molecule has 7 heteroatoms. The van der Waals surface area contributed by atoms with Crippen molar-refractivity contribution in [3.8, 4) is 0 Å². The van der Waals surface area contributed by atoms with E-state index in [2.05, 4.69) is 58.2 Å². The molecule has 3 rings (SSSR count). The summed E-state index contributed by atoms with van der Waals surface area (Å²) in [5, 5.41) is 6.70. The third-order valence-corrected chi connectivity index (χ3v) is 4.65. The van der Waals surface area contributed by atoms with E-state index in [1.807, 2.05) is 4.90 Å². The van der Waals surface area contributed by atoms with E-state index in [9.17, 15) is 4.79 Å². The molecule has 0 unspecified atom stereocenters. The van der Waals surface area contributed by atoms with Gasteiger partial charge in [0.1, 0.15) is 5.82 Å². The van der Waals surface area contributed by atoms with Gasteiger partial charge in [-0.3, -0.25) is 9.89 Å². The zero-order valence-corrected chi connectivity index (χ0v) is 14.8. The van der Waals surface area contributed by atoms with Crippen molar-refractivity contribution in [2.45, 2.75) is 32.7 Å². The third kappa shape index (κ3) is 3.70. The summed E-state index contributed by atoms with van der Waals surface area (Å²) in [5.41, 5.74) is 2.53. The minimum atomic E-state index is 0.152. The van der Waals surface area contributed by atoms with Gasteiger partial charge < -0.3 is 9.80 Å². The van der Waals surface area contributed by atoms with Gasteiger partial charge in [-0.2, -0.15) is 0 Å². The molecule has 0 radical (unpaired) electrons. The van der Waals surface area contributed by atoms with Gasteiger partial charge in [-0.05, 0) is 37.1 Å². The van der Waals surface area contributed by atoms with E-state index >= 15 is 0 Å². The normalized spacial score (nSPS) is 18.0. The summed E-state index contributed by atoms with van der Waals surface area (Å²) in [4.78, 5) is 20.9.